The molecule has 2 aromatic heterocycles. The molecule has 1 amide bonds. The molecule has 0 radical (unpaired) electrons. The van der Waals surface area contributed by atoms with Gasteiger partial charge in [-0.2, -0.15) is 9.30 Å². The second-order valence-electron chi connectivity index (χ2n) is 7.47. The van der Waals surface area contributed by atoms with Crippen molar-refractivity contribution in [2.75, 3.05) is 26.3 Å². The minimum atomic E-state index is -3.47. The van der Waals surface area contributed by atoms with E-state index >= 15 is 0 Å². The molecule has 31 heavy (non-hydrogen) atoms. The number of aryl methyl sites for hydroxylation is 1. The third-order valence-electron chi connectivity index (χ3n) is 5.57. The van der Waals surface area contributed by atoms with E-state index in [0.29, 0.717) is 59.7 Å². The fourth-order valence-corrected chi connectivity index (χ4v) is 7.49. The number of aromatic nitrogens is 1. The normalized spacial score (nSPS) is 18.5. The lowest BCUT2D eigenvalue weighted by atomic mass is 9.98. The number of sulfonamides is 1. The number of carbonyl (C=O) groups is 1. The number of hydrogen-bond acceptors (Lipinski definition) is 7. The van der Waals surface area contributed by atoms with E-state index < -0.39 is 10.0 Å². The molecule has 2 aliphatic rings. The van der Waals surface area contributed by atoms with Crippen LogP contribution in [0.3, 0.4) is 0 Å². The third kappa shape index (κ3) is 3.79. The number of piperidine rings is 1. The molecule has 1 fully saturated rings. The molecule has 0 atom stereocenters. The highest BCUT2D eigenvalue weighted by molar-refractivity contribution is 7.91. The molecule has 11 heteroatoms. The van der Waals surface area contributed by atoms with E-state index in [1.807, 2.05) is 23.7 Å². The van der Waals surface area contributed by atoms with Gasteiger partial charge in [-0.25, -0.2) is 8.42 Å². The van der Waals surface area contributed by atoms with E-state index in [4.69, 9.17) is 9.47 Å². The number of fused-ring (bicyclic) bond motifs is 2. The zero-order valence-electron chi connectivity index (χ0n) is 16.8. The maximum atomic E-state index is 12.8. The van der Waals surface area contributed by atoms with Crippen molar-refractivity contribution in [1.29, 1.82) is 0 Å². The summed E-state index contributed by atoms with van der Waals surface area (Å²) in [4.78, 5) is 17.8. The summed E-state index contributed by atoms with van der Waals surface area (Å²) in [5.74, 6) is 0.926. The van der Waals surface area contributed by atoms with Gasteiger partial charge in [0.25, 0.3) is 15.9 Å². The van der Waals surface area contributed by atoms with Gasteiger partial charge in [-0.05, 0) is 24.3 Å². The second-order valence-corrected chi connectivity index (χ2v) is 11.6. The maximum absolute atomic E-state index is 12.8. The van der Waals surface area contributed by atoms with Crippen LogP contribution in [0, 0.1) is 5.92 Å². The number of rotatable bonds is 3. The van der Waals surface area contributed by atoms with Crippen molar-refractivity contribution in [3.63, 3.8) is 0 Å². The summed E-state index contributed by atoms with van der Waals surface area (Å²) in [5.41, 5.74) is 0.928. The fraction of sp³-hybridized carbons (Fsp3) is 0.400. The first kappa shape index (κ1) is 20.7. The number of nitrogens with zero attached hydrogens (tertiary/aromatic N) is 3. The van der Waals surface area contributed by atoms with Crippen LogP contribution in [0.15, 0.2) is 38.8 Å². The molecule has 0 aliphatic carbocycles. The van der Waals surface area contributed by atoms with Crippen molar-refractivity contribution < 1.29 is 22.7 Å². The van der Waals surface area contributed by atoms with Crippen LogP contribution in [0.5, 0.6) is 11.5 Å². The van der Waals surface area contributed by atoms with E-state index in [9.17, 15) is 13.2 Å². The van der Waals surface area contributed by atoms with Gasteiger partial charge in [-0.15, -0.1) is 11.3 Å². The maximum Gasteiger partial charge on any atom is 0.252 e. The Morgan fingerprint density at radius 1 is 1.16 bits per heavy atom. The molecule has 5 rings (SSSR count). The van der Waals surface area contributed by atoms with Crippen LogP contribution in [0.2, 0.25) is 0 Å². The second kappa shape index (κ2) is 8.05. The Morgan fingerprint density at radius 2 is 1.87 bits per heavy atom. The van der Waals surface area contributed by atoms with Crippen molar-refractivity contribution in [3.8, 4) is 11.5 Å². The molecule has 0 unspecified atom stereocenters. The first-order valence-electron chi connectivity index (χ1n) is 9.95. The zero-order valence-corrected chi connectivity index (χ0v) is 19.3. The van der Waals surface area contributed by atoms with E-state index in [-0.39, 0.29) is 11.8 Å². The van der Waals surface area contributed by atoms with E-state index in [2.05, 4.69) is 4.99 Å². The van der Waals surface area contributed by atoms with Gasteiger partial charge in [0.2, 0.25) is 0 Å². The van der Waals surface area contributed by atoms with Crippen LogP contribution in [-0.2, 0) is 21.9 Å². The minimum Gasteiger partial charge on any atom is -0.486 e. The van der Waals surface area contributed by atoms with Crippen molar-refractivity contribution in [3.05, 3.63) is 34.4 Å². The number of carbonyl (C=O) groups excluding carboxylic acids is 1. The van der Waals surface area contributed by atoms with Crippen molar-refractivity contribution >= 4 is 48.8 Å². The van der Waals surface area contributed by atoms with Gasteiger partial charge < -0.3 is 14.0 Å². The summed E-state index contributed by atoms with van der Waals surface area (Å²) in [6, 6.07) is 7.18. The largest absolute Gasteiger partial charge is 0.486 e. The Labute approximate surface area is 187 Å². The van der Waals surface area contributed by atoms with Crippen molar-refractivity contribution in [1.82, 2.24) is 8.87 Å². The predicted molar refractivity (Wildman–Crippen MR) is 118 cm³/mol. The first-order chi connectivity index (χ1) is 14.9. The Morgan fingerprint density at radius 3 is 2.55 bits per heavy atom. The summed E-state index contributed by atoms with van der Waals surface area (Å²) >= 11 is 2.64. The molecular weight excluding hydrogens is 458 g/mol. The molecular formula is C20H21N3O5S3. The lowest BCUT2D eigenvalue weighted by molar-refractivity contribution is -0.122. The fourth-order valence-electron chi connectivity index (χ4n) is 3.84. The third-order valence-corrected chi connectivity index (χ3v) is 9.94. The number of hydrogen-bond donors (Lipinski definition) is 0. The summed E-state index contributed by atoms with van der Waals surface area (Å²) < 4.78 is 41.3. The molecule has 0 spiro atoms. The lowest BCUT2D eigenvalue weighted by Gasteiger charge is -2.29. The van der Waals surface area contributed by atoms with E-state index in [0.717, 1.165) is 10.2 Å². The molecule has 3 aromatic rings. The van der Waals surface area contributed by atoms with Gasteiger partial charge in [-0.3, -0.25) is 4.79 Å². The van der Waals surface area contributed by atoms with Gasteiger partial charge in [-0.1, -0.05) is 17.4 Å². The van der Waals surface area contributed by atoms with Crippen molar-refractivity contribution in [2.45, 2.75) is 17.1 Å². The monoisotopic (exact) mass is 479 g/mol. The SMILES string of the molecule is Cn1c(=NC(=O)C2CCN(S(=O)(=O)c3cccs3)CC2)sc2cc3c(cc21)OCCO3. The number of benzene rings is 1. The molecule has 8 nitrogen and oxygen atoms in total. The Balaban J connectivity index is 1.34. The predicted octanol–water partition coefficient (Wildman–Crippen LogP) is 2.60. The average molecular weight is 480 g/mol. The molecule has 0 saturated carbocycles. The van der Waals surface area contributed by atoms with Crippen LogP contribution >= 0.6 is 22.7 Å². The lowest BCUT2D eigenvalue weighted by Crippen LogP contribution is -2.40. The number of thiazole rings is 1. The van der Waals surface area contributed by atoms with Gasteiger partial charge in [0.05, 0.1) is 10.2 Å². The number of thiophene rings is 1. The average Bonchev–Trinajstić information content (AvgIpc) is 3.42. The summed E-state index contributed by atoms with van der Waals surface area (Å²) in [7, 11) is -1.60. The Kier molecular flexibility index (Phi) is 5.37. The smallest absolute Gasteiger partial charge is 0.252 e. The van der Waals surface area contributed by atoms with Crippen LogP contribution in [-0.4, -0.2) is 49.5 Å². The molecule has 1 saturated heterocycles. The molecule has 0 bridgehead atoms. The van der Waals surface area contributed by atoms with Crippen LogP contribution in [0.25, 0.3) is 10.2 Å². The highest BCUT2D eigenvalue weighted by atomic mass is 32.2. The van der Waals surface area contributed by atoms with E-state index in [1.54, 1.807) is 17.5 Å². The van der Waals surface area contributed by atoms with Crippen LogP contribution < -0.4 is 14.3 Å². The minimum absolute atomic E-state index is 0.201. The highest BCUT2D eigenvalue weighted by Crippen LogP contribution is 2.35. The highest BCUT2D eigenvalue weighted by Gasteiger charge is 2.32. The molecule has 2 aliphatic heterocycles. The van der Waals surface area contributed by atoms with Crippen LogP contribution in [0.4, 0.5) is 0 Å². The molecule has 4 heterocycles. The summed E-state index contributed by atoms with van der Waals surface area (Å²) in [6.07, 6.45) is 0.940. The van der Waals surface area contributed by atoms with Crippen molar-refractivity contribution in [2.24, 2.45) is 18.0 Å². The Bertz CT molecular complexity index is 1300. The van der Waals surface area contributed by atoms with Gasteiger partial charge >= 0.3 is 0 Å². The van der Waals surface area contributed by atoms with E-state index in [1.165, 1.54) is 27.0 Å². The summed E-state index contributed by atoms with van der Waals surface area (Å²) in [6.45, 7) is 1.69. The topological polar surface area (TPSA) is 90.2 Å². The van der Waals surface area contributed by atoms with Gasteiger partial charge in [0.15, 0.2) is 16.3 Å². The molecule has 164 valence electrons. The standard InChI is InChI=1S/C20H21N3O5S3/c1-22-14-11-15-16(28-9-8-27-15)12-17(14)30-20(22)21-19(24)13-4-6-23(7-5-13)31(25,26)18-3-2-10-29-18/h2-3,10-13H,4-9H2,1H3. The number of amides is 1. The van der Waals surface area contributed by atoms with Crippen LogP contribution in [0.1, 0.15) is 12.8 Å². The Hall–Kier alpha value is -2.21. The quantitative estimate of drug-likeness (QED) is 0.576. The van der Waals surface area contributed by atoms with Gasteiger partial charge in [0.1, 0.15) is 17.4 Å². The summed E-state index contributed by atoms with van der Waals surface area (Å²) in [5, 5.41) is 1.75. The zero-order chi connectivity index (χ0) is 21.6. The molecule has 0 N–H and O–H groups in total. The number of ether oxygens (including phenoxy) is 2. The van der Waals surface area contributed by atoms with Gasteiger partial charge in [0, 0.05) is 38.2 Å². The molecule has 1 aromatic carbocycles. The first-order valence-corrected chi connectivity index (χ1v) is 13.1.